The fourth-order valence-corrected chi connectivity index (χ4v) is 3.09. The molecule has 5 nitrogen and oxygen atoms in total. The summed E-state index contributed by atoms with van der Waals surface area (Å²) < 4.78 is 3.59. The lowest BCUT2D eigenvalue weighted by Gasteiger charge is -2.10. The van der Waals surface area contributed by atoms with Crippen LogP contribution < -0.4 is 5.32 Å². The van der Waals surface area contributed by atoms with Gasteiger partial charge in [0.1, 0.15) is 11.4 Å². The Labute approximate surface area is 145 Å². The zero-order valence-corrected chi connectivity index (χ0v) is 13.9. The molecule has 2 aromatic heterocycles. The highest BCUT2D eigenvalue weighted by Crippen LogP contribution is 2.19. The molecular weight excluding hydrogens is 312 g/mol. The summed E-state index contributed by atoms with van der Waals surface area (Å²) >= 11 is 0. The average Bonchev–Trinajstić information content (AvgIpc) is 3.29. The Morgan fingerprint density at radius 1 is 1.04 bits per heavy atom. The Morgan fingerprint density at radius 2 is 1.80 bits per heavy atom. The van der Waals surface area contributed by atoms with Gasteiger partial charge in [-0.25, -0.2) is 0 Å². The van der Waals surface area contributed by atoms with Crippen LogP contribution in [0.4, 0.5) is 0 Å². The molecule has 0 saturated heterocycles. The Hall–Kier alpha value is -3.34. The van der Waals surface area contributed by atoms with Gasteiger partial charge in [0.15, 0.2) is 0 Å². The van der Waals surface area contributed by atoms with Crippen molar-refractivity contribution in [3.05, 3.63) is 84.3 Å². The Balaban J connectivity index is 1.59. The molecule has 0 spiro atoms. The topological polar surface area (TPSA) is 51.9 Å². The molecule has 0 fully saturated rings. The maximum absolute atomic E-state index is 12.7. The average molecular weight is 330 g/mol. The summed E-state index contributed by atoms with van der Waals surface area (Å²) in [5.74, 6) is 0.616. The van der Waals surface area contributed by atoms with Gasteiger partial charge in [-0.15, -0.1) is 0 Å². The molecule has 0 saturated carbocycles. The van der Waals surface area contributed by atoms with Gasteiger partial charge in [-0.2, -0.15) is 5.10 Å². The van der Waals surface area contributed by atoms with E-state index in [1.54, 1.807) is 10.9 Å². The fraction of sp³-hybridized carbons (Fsp3) is 0.100. The van der Waals surface area contributed by atoms with Crippen LogP contribution in [0.2, 0.25) is 0 Å². The number of nitrogens with zero attached hydrogens (tertiary/aromatic N) is 3. The van der Waals surface area contributed by atoms with E-state index < -0.39 is 0 Å². The molecule has 124 valence electrons. The molecule has 4 aromatic rings. The highest BCUT2D eigenvalue weighted by molar-refractivity contribution is 5.97. The van der Waals surface area contributed by atoms with Crippen molar-refractivity contribution in [2.24, 2.45) is 7.05 Å². The van der Waals surface area contributed by atoms with E-state index in [1.807, 2.05) is 60.4 Å². The molecule has 0 bridgehead atoms. The van der Waals surface area contributed by atoms with Crippen LogP contribution in [0.15, 0.2) is 73.2 Å². The Morgan fingerprint density at radius 3 is 2.64 bits per heavy atom. The number of fused-ring (bicyclic) bond motifs is 1. The van der Waals surface area contributed by atoms with E-state index in [4.69, 9.17) is 0 Å². The number of carbonyl (C=O) groups is 1. The molecule has 5 heteroatoms. The largest absolute Gasteiger partial charge is 0.348 e. The minimum atomic E-state index is -0.135. The second-order valence-electron chi connectivity index (χ2n) is 5.92. The number of rotatable bonds is 4. The molecule has 0 unspecified atom stereocenters. The van der Waals surface area contributed by atoms with Crippen molar-refractivity contribution in [1.82, 2.24) is 19.7 Å². The molecule has 1 amide bonds. The lowest BCUT2D eigenvalue weighted by Crippen LogP contribution is -2.24. The maximum atomic E-state index is 12.7. The molecule has 0 radical (unpaired) electrons. The molecule has 0 aliphatic carbocycles. The Bertz CT molecular complexity index is 1030. The van der Waals surface area contributed by atoms with Gasteiger partial charge in [0.05, 0.1) is 6.20 Å². The first-order valence-corrected chi connectivity index (χ1v) is 8.14. The summed E-state index contributed by atoms with van der Waals surface area (Å²) in [5, 5.41) is 9.58. The fourth-order valence-electron chi connectivity index (χ4n) is 3.09. The van der Waals surface area contributed by atoms with Gasteiger partial charge in [0, 0.05) is 26.0 Å². The van der Waals surface area contributed by atoms with E-state index in [-0.39, 0.29) is 5.91 Å². The third kappa shape index (κ3) is 2.80. The van der Waals surface area contributed by atoms with Gasteiger partial charge in [0.25, 0.3) is 5.91 Å². The van der Waals surface area contributed by atoms with Crippen LogP contribution in [0.3, 0.4) is 0 Å². The third-order valence-electron chi connectivity index (χ3n) is 4.32. The molecule has 25 heavy (non-hydrogen) atoms. The minimum Gasteiger partial charge on any atom is -0.348 e. The highest BCUT2D eigenvalue weighted by Gasteiger charge is 2.17. The van der Waals surface area contributed by atoms with Crippen molar-refractivity contribution >= 4 is 16.7 Å². The maximum Gasteiger partial charge on any atom is 0.256 e. The molecule has 0 atom stereocenters. The number of carbonyl (C=O) groups excluding carboxylic acids is 1. The summed E-state index contributed by atoms with van der Waals surface area (Å²) in [6.45, 7) is 0.472. The van der Waals surface area contributed by atoms with Gasteiger partial charge in [0.2, 0.25) is 0 Å². The number of nitrogens with one attached hydrogen (secondary N) is 1. The summed E-state index contributed by atoms with van der Waals surface area (Å²) in [7, 11) is 1.83. The third-order valence-corrected chi connectivity index (χ3v) is 4.32. The second-order valence-corrected chi connectivity index (χ2v) is 5.92. The van der Waals surface area contributed by atoms with Crippen LogP contribution in [0.5, 0.6) is 0 Å². The number of amides is 1. The van der Waals surface area contributed by atoms with Crippen LogP contribution in [0.25, 0.3) is 16.6 Å². The number of hydrogen-bond donors (Lipinski definition) is 1. The van der Waals surface area contributed by atoms with Gasteiger partial charge in [-0.05, 0) is 28.5 Å². The second kappa shape index (κ2) is 6.28. The summed E-state index contributed by atoms with van der Waals surface area (Å²) in [6, 6.07) is 18.2. The first kappa shape index (κ1) is 15.2. The van der Waals surface area contributed by atoms with Crippen LogP contribution >= 0.6 is 0 Å². The van der Waals surface area contributed by atoms with Crippen molar-refractivity contribution in [2.75, 3.05) is 0 Å². The predicted octanol–water partition coefficient (Wildman–Crippen LogP) is 3.29. The predicted molar refractivity (Wildman–Crippen MR) is 97.7 cm³/mol. The van der Waals surface area contributed by atoms with E-state index in [9.17, 15) is 4.79 Å². The molecule has 4 rings (SSSR count). The first-order chi connectivity index (χ1) is 12.2. The minimum absolute atomic E-state index is 0.135. The lowest BCUT2D eigenvalue weighted by molar-refractivity contribution is 0.0951. The first-order valence-electron chi connectivity index (χ1n) is 8.14. The summed E-state index contributed by atoms with van der Waals surface area (Å²) in [5.41, 5.74) is 1.65. The van der Waals surface area contributed by atoms with E-state index in [2.05, 4.69) is 28.6 Å². The van der Waals surface area contributed by atoms with Crippen molar-refractivity contribution in [2.45, 2.75) is 6.54 Å². The van der Waals surface area contributed by atoms with Crippen molar-refractivity contribution in [3.63, 3.8) is 0 Å². The molecule has 2 heterocycles. The molecule has 0 aliphatic heterocycles. The quantitative estimate of drug-likeness (QED) is 0.624. The molecule has 0 aliphatic rings. The van der Waals surface area contributed by atoms with Gasteiger partial charge in [-0.3, -0.25) is 9.48 Å². The van der Waals surface area contributed by atoms with Crippen LogP contribution in [0.1, 0.15) is 15.9 Å². The normalized spacial score (nSPS) is 10.9. The number of hydrogen-bond acceptors (Lipinski definition) is 2. The summed E-state index contributed by atoms with van der Waals surface area (Å²) in [6.07, 6.45) is 5.41. The van der Waals surface area contributed by atoms with E-state index in [1.165, 1.54) is 5.39 Å². The standard InChI is InChI=1S/C20H18N4O/c1-23-20(24-11-4-5-12-24)18(14-22-23)19(25)21-13-16-9-6-8-15-7-2-3-10-17(15)16/h2-12,14H,13H2,1H3,(H,21,25). The summed E-state index contributed by atoms with van der Waals surface area (Å²) in [4.78, 5) is 12.7. The van der Waals surface area contributed by atoms with Gasteiger partial charge in [-0.1, -0.05) is 42.5 Å². The zero-order chi connectivity index (χ0) is 17.2. The van der Waals surface area contributed by atoms with Crippen molar-refractivity contribution < 1.29 is 4.79 Å². The van der Waals surface area contributed by atoms with Crippen LogP contribution in [-0.2, 0) is 13.6 Å². The van der Waals surface area contributed by atoms with E-state index >= 15 is 0 Å². The monoisotopic (exact) mass is 330 g/mol. The van der Waals surface area contributed by atoms with Gasteiger partial charge < -0.3 is 9.88 Å². The smallest absolute Gasteiger partial charge is 0.256 e. The van der Waals surface area contributed by atoms with E-state index in [0.29, 0.717) is 12.1 Å². The van der Waals surface area contributed by atoms with Crippen LogP contribution in [0, 0.1) is 0 Å². The molecule has 1 N–H and O–H groups in total. The van der Waals surface area contributed by atoms with Gasteiger partial charge >= 0.3 is 0 Å². The molecular formula is C20H18N4O. The Kier molecular flexibility index (Phi) is 3.82. The number of aryl methyl sites for hydroxylation is 1. The highest BCUT2D eigenvalue weighted by atomic mass is 16.1. The number of aromatic nitrogens is 3. The SMILES string of the molecule is Cn1ncc(C(=O)NCc2cccc3ccccc23)c1-n1cccc1. The lowest BCUT2D eigenvalue weighted by atomic mass is 10.0. The van der Waals surface area contributed by atoms with Crippen LogP contribution in [-0.4, -0.2) is 20.3 Å². The van der Waals surface area contributed by atoms with E-state index in [0.717, 1.165) is 16.8 Å². The van der Waals surface area contributed by atoms with Crippen molar-refractivity contribution in [1.29, 1.82) is 0 Å². The zero-order valence-electron chi connectivity index (χ0n) is 13.9. The number of benzene rings is 2. The molecule has 2 aromatic carbocycles. The van der Waals surface area contributed by atoms with Crippen molar-refractivity contribution in [3.8, 4) is 5.82 Å².